The molecule has 2 fully saturated rings. The molecule has 0 spiro atoms. The molecule has 1 aromatic carbocycles. The lowest BCUT2D eigenvalue weighted by atomic mass is 9.97. The number of halogens is 1. The summed E-state index contributed by atoms with van der Waals surface area (Å²) in [5.41, 5.74) is -0.244. The number of sulfonamides is 1. The minimum Gasteiger partial charge on any atom is -0.335 e. The molecule has 0 aromatic heterocycles. The molecule has 6 nitrogen and oxygen atoms in total. The van der Waals surface area contributed by atoms with Gasteiger partial charge in [-0.15, -0.1) is 0 Å². The molecular formula is C16H22FN3O3S. The maximum atomic E-state index is 13.9. The van der Waals surface area contributed by atoms with E-state index in [1.54, 1.807) is 4.90 Å². The smallest absolute Gasteiger partial charge is 0.256 e. The van der Waals surface area contributed by atoms with Crippen LogP contribution in [0.3, 0.4) is 0 Å². The van der Waals surface area contributed by atoms with Gasteiger partial charge in [-0.05, 0) is 44.5 Å². The lowest BCUT2D eigenvalue weighted by Gasteiger charge is -2.49. The van der Waals surface area contributed by atoms with Crippen LogP contribution in [0.15, 0.2) is 23.1 Å². The number of primary sulfonamides is 1. The van der Waals surface area contributed by atoms with Gasteiger partial charge in [-0.1, -0.05) is 6.42 Å². The van der Waals surface area contributed by atoms with Crippen molar-refractivity contribution in [1.29, 1.82) is 0 Å². The Hall–Kier alpha value is -1.51. The van der Waals surface area contributed by atoms with Crippen molar-refractivity contribution in [1.82, 2.24) is 9.80 Å². The van der Waals surface area contributed by atoms with Crippen LogP contribution in [0, 0.1) is 5.82 Å². The highest BCUT2D eigenvalue weighted by atomic mass is 32.2. The average molecular weight is 355 g/mol. The van der Waals surface area contributed by atoms with E-state index in [-0.39, 0.29) is 10.5 Å². The molecule has 2 aliphatic rings. The van der Waals surface area contributed by atoms with Crippen molar-refractivity contribution in [3.63, 3.8) is 0 Å². The number of benzene rings is 1. The molecule has 2 N–H and O–H groups in total. The molecule has 1 atom stereocenters. The van der Waals surface area contributed by atoms with Crippen LogP contribution < -0.4 is 5.14 Å². The molecule has 1 aromatic rings. The predicted octanol–water partition coefficient (Wildman–Crippen LogP) is 1.17. The van der Waals surface area contributed by atoms with Gasteiger partial charge in [0, 0.05) is 25.2 Å². The number of nitrogens with two attached hydrogens (primary N) is 1. The summed E-state index contributed by atoms with van der Waals surface area (Å²) in [5, 5.41) is 5.05. The fraction of sp³-hybridized carbons (Fsp3) is 0.562. The summed E-state index contributed by atoms with van der Waals surface area (Å²) in [6.07, 6.45) is 3.56. The second-order valence-corrected chi connectivity index (χ2v) is 8.19. The van der Waals surface area contributed by atoms with E-state index in [4.69, 9.17) is 5.14 Å². The molecule has 0 saturated carbocycles. The fourth-order valence-corrected chi connectivity index (χ4v) is 4.05. The largest absolute Gasteiger partial charge is 0.335 e. The van der Waals surface area contributed by atoms with Crippen molar-refractivity contribution in [3.05, 3.63) is 29.6 Å². The van der Waals surface area contributed by atoms with Crippen LogP contribution in [0.5, 0.6) is 0 Å². The molecule has 132 valence electrons. The Labute approximate surface area is 141 Å². The van der Waals surface area contributed by atoms with E-state index in [9.17, 15) is 17.6 Å². The molecule has 2 saturated heterocycles. The van der Waals surface area contributed by atoms with Crippen LogP contribution in [0.1, 0.15) is 36.5 Å². The van der Waals surface area contributed by atoms with Crippen molar-refractivity contribution in [2.24, 2.45) is 5.14 Å². The number of carbonyl (C=O) groups is 1. The highest BCUT2D eigenvalue weighted by Gasteiger charge is 2.38. The zero-order chi connectivity index (χ0) is 17.5. The van der Waals surface area contributed by atoms with Crippen molar-refractivity contribution in [2.45, 2.75) is 43.2 Å². The Morgan fingerprint density at radius 3 is 2.62 bits per heavy atom. The zero-order valence-electron chi connectivity index (χ0n) is 13.6. The van der Waals surface area contributed by atoms with Gasteiger partial charge in [-0.3, -0.25) is 9.69 Å². The van der Waals surface area contributed by atoms with Crippen molar-refractivity contribution < 1.29 is 17.6 Å². The maximum Gasteiger partial charge on any atom is 0.256 e. The van der Waals surface area contributed by atoms with Gasteiger partial charge in [0.1, 0.15) is 5.82 Å². The van der Waals surface area contributed by atoms with Gasteiger partial charge in [0.25, 0.3) is 5.91 Å². The average Bonchev–Trinajstić information content (AvgIpc) is 2.46. The third kappa shape index (κ3) is 3.31. The third-order valence-corrected chi connectivity index (χ3v) is 5.88. The number of nitrogens with zero attached hydrogens (tertiary/aromatic N) is 2. The lowest BCUT2D eigenvalue weighted by molar-refractivity contribution is 0.00187. The molecule has 8 heteroatoms. The van der Waals surface area contributed by atoms with E-state index in [2.05, 4.69) is 11.8 Å². The summed E-state index contributed by atoms with van der Waals surface area (Å²) in [5.74, 6) is -1.22. The molecule has 1 amide bonds. The van der Waals surface area contributed by atoms with E-state index in [1.165, 1.54) is 12.8 Å². The van der Waals surface area contributed by atoms with Crippen LogP contribution in [0.2, 0.25) is 0 Å². The molecule has 0 aliphatic carbocycles. The Balaban J connectivity index is 1.70. The number of rotatable bonds is 3. The molecule has 24 heavy (non-hydrogen) atoms. The Morgan fingerprint density at radius 2 is 2.00 bits per heavy atom. The van der Waals surface area contributed by atoms with Crippen molar-refractivity contribution >= 4 is 15.9 Å². The predicted molar refractivity (Wildman–Crippen MR) is 87.5 cm³/mol. The van der Waals surface area contributed by atoms with E-state index in [1.807, 2.05) is 0 Å². The molecule has 2 aliphatic heterocycles. The number of amides is 1. The number of carbonyl (C=O) groups excluding carboxylic acids is 1. The van der Waals surface area contributed by atoms with Gasteiger partial charge in [-0.25, -0.2) is 17.9 Å². The summed E-state index contributed by atoms with van der Waals surface area (Å²) in [6, 6.07) is 3.86. The molecule has 0 unspecified atom stereocenters. The van der Waals surface area contributed by atoms with Gasteiger partial charge in [0.15, 0.2) is 0 Å². The van der Waals surface area contributed by atoms with E-state index < -0.39 is 21.7 Å². The first-order valence-corrected chi connectivity index (χ1v) is 9.69. The second kappa shape index (κ2) is 6.42. The summed E-state index contributed by atoms with van der Waals surface area (Å²) >= 11 is 0. The Kier molecular flexibility index (Phi) is 4.63. The van der Waals surface area contributed by atoms with Crippen LogP contribution in [-0.2, 0) is 10.0 Å². The van der Waals surface area contributed by atoms with Gasteiger partial charge < -0.3 is 4.90 Å². The van der Waals surface area contributed by atoms with Crippen molar-refractivity contribution in [3.8, 4) is 0 Å². The van der Waals surface area contributed by atoms with Gasteiger partial charge >= 0.3 is 0 Å². The molecule has 2 heterocycles. The summed E-state index contributed by atoms with van der Waals surface area (Å²) in [6.45, 7) is 4.31. The highest BCUT2D eigenvalue weighted by molar-refractivity contribution is 7.89. The van der Waals surface area contributed by atoms with Crippen LogP contribution in [0.4, 0.5) is 4.39 Å². The lowest BCUT2D eigenvalue weighted by Crippen LogP contribution is -2.63. The van der Waals surface area contributed by atoms with Crippen LogP contribution in [-0.4, -0.2) is 55.8 Å². The summed E-state index contributed by atoms with van der Waals surface area (Å²) < 4.78 is 36.7. The first-order chi connectivity index (χ1) is 11.3. The Morgan fingerprint density at radius 1 is 1.29 bits per heavy atom. The molecule has 0 bridgehead atoms. The van der Waals surface area contributed by atoms with Gasteiger partial charge in [0.05, 0.1) is 10.5 Å². The summed E-state index contributed by atoms with van der Waals surface area (Å²) in [4.78, 5) is 16.2. The topological polar surface area (TPSA) is 83.7 Å². The zero-order valence-corrected chi connectivity index (χ0v) is 14.4. The number of piperidine rings is 1. The molecule has 3 rings (SSSR count). The highest BCUT2D eigenvalue weighted by Crippen LogP contribution is 2.26. The Bertz CT molecular complexity index is 747. The SMILES string of the molecule is C[C@H]1CCCCN1C1CN(C(=O)c2cc(S(N)(=O)=O)ccc2F)C1. The van der Waals surface area contributed by atoms with E-state index >= 15 is 0 Å². The van der Waals surface area contributed by atoms with Gasteiger partial charge in [0.2, 0.25) is 10.0 Å². The molecule has 0 radical (unpaired) electrons. The minimum absolute atomic E-state index is 0.244. The summed E-state index contributed by atoms with van der Waals surface area (Å²) in [7, 11) is -3.97. The fourth-order valence-electron chi connectivity index (χ4n) is 3.51. The number of likely N-dealkylation sites (tertiary alicyclic amines) is 2. The van der Waals surface area contributed by atoms with Crippen molar-refractivity contribution in [2.75, 3.05) is 19.6 Å². The minimum atomic E-state index is -3.97. The third-order valence-electron chi connectivity index (χ3n) is 4.97. The normalized spacial score (nSPS) is 23.1. The quantitative estimate of drug-likeness (QED) is 0.882. The van der Waals surface area contributed by atoms with Gasteiger partial charge in [-0.2, -0.15) is 0 Å². The van der Waals surface area contributed by atoms with Crippen LogP contribution in [0.25, 0.3) is 0 Å². The van der Waals surface area contributed by atoms with E-state index in [0.717, 1.165) is 31.2 Å². The number of hydrogen-bond donors (Lipinski definition) is 1. The van der Waals surface area contributed by atoms with E-state index in [0.29, 0.717) is 25.2 Å². The van der Waals surface area contributed by atoms with Crippen LogP contribution >= 0.6 is 0 Å². The second-order valence-electron chi connectivity index (χ2n) is 6.63. The standard InChI is InChI=1S/C16H22FN3O3S/c1-11-4-2-3-7-20(11)12-9-19(10-12)16(21)14-8-13(24(18,22)23)5-6-15(14)17/h5-6,8,11-12H,2-4,7,9-10H2,1H3,(H2,18,22,23)/t11-/m0/s1. The molecular weight excluding hydrogens is 333 g/mol. The monoisotopic (exact) mass is 355 g/mol. The first kappa shape index (κ1) is 17.3. The number of hydrogen-bond acceptors (Lipinski definition) is 4. The first-order valence-electron chi connectivity index (χ1n) is 8.15. The maximum absolute atomic E-state index is 13.9.